The van der Waals surface area contributed by atoms with Crippen LogP contribution in [0.5, 0.6) is 5.75 Å². The summed E-state index contributed by atoms with van der Waals surface area (Å²) in [6.07, 6.45) is 0. The summed E-state index contributed by atoms with van der Waals surface area (Å²) in [5.74, 6) is 0.674. The van der Waals surface area contributed by atoms with E-state index in [-0.39, 0.29) is 6.04 Å². The highest BCUT2D eigenvalue weighted by Crippen LogP contribution is 2.27. The zero-order valence-corrected chi connectivity index (χ0v) is 11.7. The van der Waals surface area contributed by atoms with Crippen LogP contribution in [0, 0.1) is 0 Å². The van der Waals surface area contributed by atoms with Gasteiger partial charge < -0.3 is 15.8 Å². The topological polar surface area (TPSA) is 47.3 Å². The van der Waals surface area contributed by atoms with Gasteiger partial charge in [0.25, 0.3) is 0 Å². The van der Waals surface area contributed by atoms with Gasteiger partial charge in [0.2, 0.25) is 0 Å². The minimum atomic E-state index is 0.172. The Morgan fingerprint density at radius 1 is 1.16 bits per heavy atom. The Labute approximate surface area is 118 Å². The van der Waals surface area contributed by atoms with Gasteiger partial charge in [-0.1, -0.05) is 23.7 Å². The molecule has 0 aliphatic carbocycles. The van der Waals surface area contributed by atoms with Crippen molar-refractivity contribution in [2.75, 3.05) is 18.2 Å². The molecule has 0 aromatic heterocycles. The maximum Gasteiger partial charge on any atom is 0.143 e. The van der Waals surface area contributed by atoms with E-state index in [1.165, 1.54) is 5.56 Å². The second-order valence-electron chi connectivity index (χ2n) is 4.37. The van der Waals surface area contributed by atoms with Gasteiger partial charge in [0.05, 0.1) is 12.8 Å². The van der Waals surface area contributed by atoms with Gasteiger partial charge in [0.1, 0.15) is 5.75 Å². The molecule has 4 heteroatoms. The summed E-state index contributed by atoms with van der Waals surface area (Å²) in [6.45, 7) is 2.09. The molecule has 3 N–H and O–H groups in total. The lowest BCUT2D eigenvalue weighted by molar-refractivity contribution is 0.417. The third-order valence-electron chi connectivity index (χ3n) is 2.99. The van der Waals surface area contributed by atoms with Crippen molar-refractivity contribution in [2.45, 2.75) is 13.0 Å². The number of ether oxygens (including phenoxy) is 1. The van der Waals surface area contributed by atoms with Gasteiger partial charge in [0.15, 0.2) is 0 Å². The molecule has 0 saturated carbocycles. The maximum atomic E-state index is 5.88. The second kappa shape index (κ2) is 5.85. The van der Waals surface area contributed by atoms with E-state index in [9.17, 15) is 0 Å². The molecule has 0 fully saturated rings. The molecule has 2 aromatic carbocycles. The van der Waals surface area contributed by atoms with Crippen molar-refractivity contribution < 1.29 is 4.74 Å². The lowest BCUT2D eigenvalue weighted by Gasteiger charge is -2.17. The second-order valence-corrected chi connectivity index (χ2v) is 4.81. The summed E-state index contributed by atoms with van der Waals surface area (Å²) < 4.78 is 5.21. The zero-order valence-electron chi connectivity index (χ0n) is 11.0. The molecule has 1 unspecified atom stereocenters. The number of benzene rings is 2. The Morgan fingerprint density at radius 2 is 1.84 bits per heavy atom. The van der Waals surface area contributed by atoms with Crippen molar-refractivity contribution >= 4 is 23.0 Å². The normalized spacial score (nSPS) is 11.9. The van der Waals surface area contributed by atoms with Crippen LogP contribution in [0.4, 0.5) is 11.4 Å². The molecular formula is C15H17ClN2O. The minimum absolute atomic E-state index is 0.172. The van der Waals surface area contributed by atoms with Gasteiger partial charge in [-0.3, -0.25) is 0 Å². The number of nitrogens with one attached hydrogen (secondary N) is 1. The number of nitrogens with two attached hydrogens (primary N) is 1. The van der Waals surface area contributed by atoms with Crippen LogP contribution >= 0.6 is 11.6 Å². The number of methoxy groups -OCH3 is 1. The Kier molecular flexibility index (Phi) is 4.17. The Balaban J connectivity index is 2.14. The van der Waals surface area contributed by atoms with Crippen LogP contribution in [0.1, 0.15) is 18.5 Å². The molecule has 100 valence electrons. The van der Waals surface area contributed by atoms with E-state index in [4.69, 9.17) is 22.1 Å². The molecule has 1 atom stereocenters. The molecular weight excluding hydrogens is 260 g/mol. The molecule has 0 amide bonds. The highest BCUT2D eigenvalue weighted by atomic mass is 35.5. The molecule has 0 aliphatic rings. The summed E-state index contributed by atoms with van der Waals surface area (Å²) in [5, 5.41) is 4.14. The summed E-state index contributed by atoms with van der Waals surface area (Å²) in [6, 6.07) is 13.6. The first kappa shape index (κ1) is 13.6. The third kappa shape index (κ3) is 3.32. The van der Waals surface area contributed by atoms with E-state index in [1.807, 2.05) is 42.5 Å². The van der Waals surface area contributed by atoms with E-state index in [0.29, 0.717) is 11.4 Å². The Morgan fingerprint density at radius 3 is 2.47 bits per heavy atom. The first-order valence-electron chi connectivity index (χ1n) is 6.05. The largest absolute Gasteiger partial charge is 0.495 e. The van der Waals surface area contributed by atoms with Crippen molar-refractivity contribution in [3.63, 3.8) is 0 Å². The summed E-state index contributed by atoms with van der Waals surface area (Å²) in [5.41, 5.74) is 8.56. The molecule has 0 bridgehead atoms. The average molecular weight is 277 g/mol. The Hall–Kier alpha value is -1.87. The zero-order chi connectivity index (χ0) is 13.8. The fourth-order valence-electron chi connectivity index (χ4n) is 1.89. The first-order chi connectivity index (χ1) is 9.10. The summed E-state index contributed by atoms with van der Waals surface area (Å²) >= 11 is 5.88. The SMILES string of the molecule is COc1cc(NC(C)c2ccc(Cl)cc2)ccc1N. The maximum absolute atomic E-state index is 5.88. The van der Waals surface area contributed by atoms with Gasteiger partial charge in [-0.2, -0.15) is 0 Å². The molecule has 0 radical (unpaired) electrons. The Bertz CT molecular complexity index is 555. The predicted octanol–water partition coefficient (Wildman–Crippen LogP) is 4.10. The summed E-state index contributed by atoms with van der Waals surface area (Å²) in [7, 11) is 1.61. The van der Waals surface area contributed by atoms with Crippen molar-refractivity contribution in [3.05, 3.63) is 53.1 Å². The van der Waals surface area contributed by atoms with Crippen LogP contribution in [-0.4, -0.2) is 7.11 Å². The van der Waals surface area contributed by atoms with Gasteiger partial charge in [-0.05, 0) is 36.8 Å². The lowest BCUT2D eigenvalue weighted by Crippen LogP contribution is -2.06. The van der Waals surface area contributed by atoms with E-state index >= 15 is 0 Å². The van der Waals surface area contributed by atoms with E-state index in [0.717, 1.165) is 10.7 Å². The molecule has 0 heterocycles. The lowest BCUT2D eigenvalue weighted by atomic mass is 10.1. The summed E-state index contributed by atoms with van der Waals surface area (Å²) in [4.78, 5) is 0. The van der Waals surface area contributed by atoms with E-state index < -0.39 is 0 Å². The van der Waals surface area contributed by atoms with E-state index in [2.05, 4.69) is 12.2 Å². The fraction of sp³-hybridized carbons (Fsp3) is 0.200. The first-order valence-corrected chi connectivity index (χ1v) is 6.43. The van der Waals surface area contributed by atoms with Gasteiger partial charge in [0, 0.05) is 22.8 Å². The number of nitrogen functional groups attached to an aromatic ring is 1. The van der Waals surface area contributed by atoms with Crippen LogP contribution in [0.25, 0.3) is 0 Å². The predicted molar refractivity (Wildman–Crippen MR) is 80.9 cm³/mol. The van der Waals surface area contributed by atoms with Crippen molar-refractivity contribution in [2.24, 2.45) is 0 Å². The number of anilines is 2. The number of hydrogen-bond acceptors (Lipinski definition) is 3. The number of rotatable bonds is 4. The highest BCUT2D eigenvalue weighted by Gasteiger charge is 2.07. The van der Waals surface area contributed by atoms with Gasteiger partial charge in [-0.25, -0.2) is 0 Å². The molecule has 0 spiro atoms. The molecule has 0 saturated heterocycles. The average Bonchev–Trinajstić information content (AvgIpc) is 2.41. The number of halogens is 1. The standard InChI is InChI=1S/C15H17ClN2O/c1-10(11-3-5-12(16)6-4-11)18-13-7-8-14(17)15(9-13)19-2/h3-10,18H,17H2,1-2H3. The van der Waals surface area contributed by atoms with Crippen molar-refractivity contribution in [1.82, 2.24) is 0 Å². The van der Waals surface area contributed by atoms with Crippen LogP contribution in [0.3, 0.4) is 0 Å². The third-order valence-corrected chi connectivity index (χ3v) is 3.24. The van der Waals surface area contributed by atoms with Crippen LogP contribution < -0.4 is 15.8 Å². The van der Waals surface area contributed by atoms with Gasteiger partial charge >= 0.3 is 0 Å². The molecule has 3 nitrogen and oxygen atoms in total. The monoisotopic (exact) mass is 276 g/mol. The van der Waals surface area contributed by atoms with Gasteiger partial charge in [-0.15, -0.1) is 0 Å². The quantitative estimate of drug-likeness (QED) is 0.827. The molecule has 2 aromatic rings. The van der Waals surface area contributed by atoms with Crippen molar-refractivity contribution in [1.29, 1.82) is 0 Å². The van der Waals surface area contributed by atoms with Crippen molar-refractivity contribution in [3.8, 4) is 5.75 Å². The van der Waals surface area contributed by atoms with Crippen LogP contribution in [0.15, 0.2) is 42.5 Å². The molecule has 19 heavy (non-hydrogen) atoms. The fourth-order valence-corrected chi connectivity index (χ4v) is 2.01. The smallest absolute Gasteiger partial charge is 0.143 e. The molecule has 2 rings (SSSR count). The number of hydrogen-bond donors (Lipinski definition) is 2. The highest BCUT2D eigenvalue weighted by molar-refractivity contribution is 6.30. The molecule has 0 aliphatic heterocycles. The van der Waals surface area contributed by atoms with Crippen LogP contribution in [0.2, 0.25) is 5.02 Å². The van der Waals surface area contributed by atoms with Crippen LogP contribution in [-0.2, 0) is 0 Å². The minimum Gasteiger partial charge on any atom is -0.495 e. The van der Waals surface area contributed by atoms with E-state index in [1.54, 1.807) is 7.11 Å².